The summed E-state index contributed by atoms with van der Waals surface area (Å²) in [4.78, 5) is 11.0. The standard InChI is InChI=1S/C14H16ClN3O/c1-3-4-5-14-13(9-19)16-17-18(14)11-7-6-10(2)12(15)8-11/h6-9H,3-5H2,1-2H3. The monoisotopic (exact) mass is 277 g/mol. The third-order valence-electron chi connectivity index (χ3n) is 3.07. The molecule has 0 amide bonds. The Morgan fingerprint density at radius 1 is 1.42 bits per heavy atom. The van der Waals surface area contributed by atoms with Gasteiger partial charge in [-0.05, 0) is 37.5 Å². The SMILES string of the molecule is CCCCc1c(C=O)nnn1-c1ccc(C)c(Cl)c1. The van der Waals surface area contributed by atoms with Crippen molar-refractivity contribution >= 4 is 17.9 Å². The molecule has 19 heavy (non-hydrogen) atoms. The summed E-state index contributed by atoms with van der Waals surface area (Å²) in [5.74, 6) is 0. The predicted molar refractivity (Wildman–Crippen MR) is 75.1 cm³/mol. The van der Waals surface area contributed by atoms with Crippen molar-refractivity contribution in [3.63, 3.8) is 0 Å². The topological polar surface area (TPSA) is 47.8 Å². The van der Waals surface area contributed by atoms with Gasteiger partial charge in [0.1, 0.15) is 5.69 Å². The predicted octanol–water partition coefficient (Wildman–Crippen LogP) is 3.38. The number of aromatic nitrogens is 3. The number of halogens is 1. The summed E-state index contributed by atoms with van der Waals surface area (Å²) in [5, 5.41) is 8.66. The highest BCUT2D eigenvalue weighted by Gasteiger charge is 2.13. The van der Waals surface area contributed by atoms with Crippen LogP contribution in [0.25, 0.3) is 5.69 Å². The van der Waals surface area contributed by atoms with Gasteiger partial charge in [0, 0.05) is 5.02 Å². The van der Waals surface area contributed by atoms with Gasteiger partial charge in [0.2, 0.25) is 0 Å². The highest BCUT2D eigenvalue weighted by molar-refractivity contribution is 6.31. The van der Waals surface area contributed by atoms with E-state index >= 15 is 0 Å². The van der Waals surface area contributed by atoms with Crippen molar-refractivity contribution < 1.29 is 4.79 Å². The number of carbonyl (C=O) groups is 1. The van der Waals surface area contributed by atoms with E-state index < -0.39 is 0 Å². The van der Waals surface area contributed by atoms with Crippen molar-refractivity contribution in [2.75, 3.05) is 0 Å². The number of unbranched alkanes of at least 4 members (excludes halogenated alkanes) is 1. The maximum absolute atomic E-state index is 11.0. The number of nitrogens with zero attached hydrogens (tertiary/aromatic N) is 3. The van der Waals surface area contributed by atoms with Gasteiger partial charge in [0.05, 0.1) is 11.4 Å². The number of benzene rings is 1. The molecular weight excluding hydrogens is 262 g/mol. The van der Waals surface area contributed by atoms with Gasteiger partial charge in [-0.15, -0.1) is 5.10 Å². The Kier molecular flexibility index (Phi) is 4.32. The number of carbonyl (C=O) groups excluding carboxylic acids is 1. The van der Waals surface area contributed by atoms with Crippen molar-refractivity contribution in [1.29, 1.82) is 0 Å². The van der Waals surface area contributed by atoms with Crippen LogP contribution >= 0.6 is 11.6 Å². The zero-order valence-corrected chi connectivity index (χ0v) is 11.8. The van der Waals surface area contributed by atoms with Gasteiger partial charge < -0.3 is 0 Å². The summed E-state index contributed by atoms with van der Waals surface area (Å²) < 4.78 is 1.70. The molecular formula is C14H16ClN3O. The second kappa shape index (κ2) is 5.97. The van der Waals surface area contributed by atoms with Crippen LogP contribution < -0.4 is 0 Å². The molecule has 0 spiro atoms. The molecule has 5 heteroatoms. The molecule has 100 valence electrons. The van der Waals surface area contributed by atoms with Crippen LogP contribution in [0.5, 0.6) is 0 Å². The first-order chi connectivity index (χ1) is 9.17. The Hall–Kier alpha value is -1.68. The highest BCUT2D eigenvalue weighted by Crippen LogP contribution is 2.21. The van der Waals surface area contributed by atoms with Gasteiger partial charge in [0.15, 0.2) is 6.29 Å². The third kappa shape index (κ3) is 2.84. The van der Waals surface area contributed by atoms with Gasteiger partial charge in [-0.1, -0.05) is 36.2 Å². The first kappa shape index (κ1) is 13.7. The molecule has 0 saturated carbocycles. The molecule has 0 aliphatic heterocycles. The molecule has 0 bridgehead atoms. The Balaban J connectivity index is 2.45. The molecule has 1 heterocycles. The summed E-state index contributed by atoms with van der Waals surface area (Å²) in [6.45, 7) is 4.06. The average Bonchev–Trinajstić information content (AvgIpc) is 2.82. The quantitative estimate of drug-likeness (QED) is 0.787. The van der Waals surface area contributed by atoms with Gasteiger partial charge >= 0.3 is 0 Å². The van der Waals surface area contributed by atoms with Crippen LogP contribution in [0.1, 0.15) is 41.5 Å². The fourth-order valence-electron chi connectivity index (χ4n) is 1.90. The van der Waals surface area contributed by atoms with E-state index in [1.54, 1.807) is 4.68 Å². The molecule has 4 nitrogen and oxygen atoms in total. The largest absolute Gasteiger partial charge is 0.296 e. The average molecular weight is 278 g/mol. The summed E-state index contributed by atoms with van der Waals surface area (Å²) >= 11 is 6.13. The van der Waals surface area contributed by atoms with Gasteiger partial charge in [0.25, 0.3) is 0 Å². The van der Waals surface area contributed by atoms with Crippen molar-refractivity contribution in [3.8, 4) is 5.69 Å². The molecule has 0 aliphatic rings. The van der Waals surface area contributed by atoms with E-state index in [2.05, 4.69) is 17.2 Å². The van der Waals surface area contributed by atoms with Gasteiger partial charge in [-0.3, -0.25) is 4.79 Å². The number of aryl methyl sites for hydroxylation is 1. The van der Waals surface area contributed by atoms with E-state index in [0.717, 1.165) is 42.5 Å². The Morgan fingerprint density at radius 2 is 2.21 bits per heavy atom. The molecule has 1 aromatic heterocycles. The van der Waals surface area contributed by atoms with Crippen molar-refractivity contribution in [3.05, 3.63) is 40.2 Å². The molecule has 2 rings (SSSR count). The lowest BCUT2D eigenvalue weighted by atomic mass is 10.1. The Labute approximate surface area is 117 Å². The lowest BCUT2D eigenvalue weighted by Crippen LogP contribution is -2.04. The zero-order chi connectivity index (χ0) is 13.8. The van der Waals surface area contributed by atoms with Crippen LogP contribution in [0.15, 0.2) is 18.2 Å². The maximum atomic E-state index is 11.0. The summed E-state index contributed by atoms with van der Waals surface area (Å²) in [6, 6.07) is 5.71. The summed E-state index contributed by atoms with van der Waals surface area (Å²) in [7, 11) is 0. The molecule has 1 aromatic carbocycles. The Morgan fingerprint density at radius 3 is 2.84 bits per heavy atom. The number of hydrogen-bond donors (Lipinski definition) is 0. The van der Waals surface area contributed by atoms with E-state index in [-0.39, 0.29) is 0 Å². The van der Waals surface area contributed by atoms with E-state index in [1.165, 1.54) is 0 Å². The minimum Gasteiger partial charge on any atom is -0.296 e. The minimum absolute atomic E-state index is 0.408. The Bertz CT molecular complexity index is 592. The molecule has 0 N–H and O–H groups in total. The first-order valence-corrected chi connectivity index (χ1v) is 6.71. The third-order valence-corrected chi connectivity index (χ3v) is 3.48. The normalized spacial score (nSPS) is 10.7. The van der Waals surface area contributed by atoms with E-state index in [1.807, 2.05) is 25.1 Å². The molecule has 0 aliphatic carbocycles. The molecule has 0 radical (unpaired) electrons. The van der Waals surface area contributed by atoms with Crippen molar-refractivity contribution in [1.82, 2.24) is 15.0 Å². The van der Waals surface area contributed by atoms with E-state index in [4.69, 9.17) is 11.6 Å². The molecule has 0 fully saturated rings. The fourth-order valence-corrected chi connectivity index (χ4v) is 2.08. The van der Waals surface area contributed by atoms with E-state index in [9.17, 15) is 4.79 Å². The minimum atomic E-state index is 0.408. The van der Waals surface area contributed by atoms with Crippen LogP contribution in [-0.4, -0.2) is 21.3 Å². The first-order valence-electron chi connectivity index (χ1n) is 6.33. The lowest BCUT2D eigenvalue weighted by molar-refractivity contribution is 0.111. The van der Waals surface area contributed by atoms with Crippen molar-refractivity contribution in [2.45, 2.75) is 33.1 Å². The van der Waals surface area contributed by atoms with Gasteiger partial charge in [-0.2, -0.15) is 0 Å². The zero-order valence-electron chi connectivity index (χ0n) is 11.1. The summed E-state index contributed by atoms with van der Waals surface area (Å²) in [6.07, 6.45) is 3.58. The molecule has 0 saturated heterocycles. The lowest BCUT2D eigenvalue weighted by Gasteiger charge is -2.07. The van der Waals surface area contributed by atoms with Crippen molar-refractivity contribution in [2.24, 2.45) is 0 Å². The van der Waals surface area contributed by atoms with Crippen LogP contribution in [0.3, 0.4) is 0 Å². The summed E-state index contributed by atoms with van der Waals surface area (Å²) in [5.41, 5.74) is 3.10. The molecule has 0 atom stereocenters. The van der Waals surface area contributed by atoms with Crippen LogP contribution in [0, 0.1) is 6.92 Å². The smallest absolute Gasteiger partial charge is 0.172 e. The van der Waals surface area contributed by atoms with Crippen LogP contribution in [-0.2, 0) is 6.42 Å². The second-order valence-electron chi connectivity index (χ2n) is 4.49. The maximum Gasteiger partial charge on any atom is 0.172 e. The van der Waals surface area contributed by atoms with Gasteiger partial charge in [-0.25, -0.2) is 4.68 Å². The fraction of sp³-hybridized carbons (Fsp3) is 0.357. The highest BCUT2D eigenvalue weighted by atomic mass is 35.5. The van der Waals surface area contributed by atoms with Crippen LogP contribution in [0.4, 0.5) is 0 Å². The molecule has 2 aromatic rings. The number of aldehydes is 1. The van der Waals surface area contributed by atoms with Crippen LogP contribution in [0.2, 0.25) is 5.02 Å². The number of hydrogen-bond acceptors (Lipinski definition) is 3. The second-order valence-corrected chi connectivity index (χ2v) is 4.90. The van der Waals surface area contributed by atoms with E-state index in [0.29, 0.717) is 10.7 Å². The number of rotatable bonds is 5. The molecule has 0 unspecified atom stereocenters.